The zero-order chi connectivity index (χ0) is 19.3. The minimum atomic E-state index is -4.62. The molecule has 0 saturated heterocycles. The van der Waals surface area contributed by atoms with Crippen molar-refractivity contribution in [3.63, 3.8) is 0 Å². The van der Waals surface area contributed by atoms with Crippen LogP contribution in [0.25, 0.3) is 0 Å². The van der Waals surface area contributed by atoms with Crippen LogP contribution in [0, 0.1) is 0 Å². The maximum atomic E-state index is 13.2. The van der Waals surface area contributed by atoms with Crippen LogP contribution in [0.4, 0.5) is 13.2 Å². The zero-order valence-corrected chi connectivity index (χ0v) is 15.2. The van der Waals surface area contributed by atoms with Gasteiger partial charge in [-0.2, -0.15) is 13.2 Å². The highest BCUT2D eigenvalue weighted by Gasteiger charge is 2.34. The highest BCUT2D eigenvalue weighted by molar-refractivity contribution is 9.10. The lowest BCUT2D eigenvalue weighted by Crippen LogP contribution is -2.14. The van der Waals surface area contributed by atoms with Gasteiger partial charge in [-0.15, -0.1) is 0 Å². The van der Waals surface area contributed by atoms with Gasteiger partial charge in [0.05, 0.1) is 24.2 Å². The van der Waals surface area contributed by atoms with Gasteiger partial charge in [-0.25, -0.2) is 0 Å². The summed E-state index contributed by atoms with van der Waals surface area (Å²) in [5.74, 6) is -0.514. The molecule has 0 saturated carbocycles. The SMILES string of the molecule is CCOC(=O)Cc1cc(Oc2ccc(Br)cc2C=O)ccc1C(F)(F)F. The Morgan fingerprint density at radius 3 is 2.54 bits per heavy atom. The molecule has 138 valence electrons. The van der Waals surface area contributed by atoms with Crippen molar-refractivity contribution in [3.8, 4) is 11.5 Å². The highest BCUT2D eigenvalue weighted by atomic mass is 79.9. The summed E-state index contributed by atoms with van der Waals surface area (Å²) in [6.45, 7) is 1.63. The predicted molar refractivity (Wildman–Crippen MR) is 91.4 cm³/mol. The van der Waals surface area contributed by atoms with Gasteiger partial charge >= 0.3 is 12.1 Å². The van der Waals surface area contributed by atoms with Crippen LogP contribution in [-0.4, -0.2) is 18.9 Å². The van der Waals surface area contributed by atoms with E-state index in [1.165, 1.54) is 12.1 Å². The molecule has 0 aliphatic rings. The Labute approximate surface area is 156 Å². The van der Waals surface area contributed by atoms with Crippen LogP contribution in [0.1, 0.15) is 28.4 Å². The fourth-order valence-corrected chi connectivity index (χ4v) is 2.63. The Bertz CT molecular complexity index is 819. The normalized spacial score (nSPS) is 11.1. The Balaban J connectivity index is 2.38. The molecule has 0 aromatic heterocycles. The van der Waals surface area contributed by atoms with Crippen LogP contribution >= 0.6 is 15.9 Å². The number of benzene rings is 2. The van der Waals surface area contributed by atoms with E-state index in [4.69, 9.17) is 9.47 Å². The molecule has 26 heavy (non-hydrogen) atoms. The van der Waals surface area contributed by atoms with E-state index in [-0.39, 0.29) is 29.2 Å². The second-order valence-electron chi connectivity index (χ2n) is 5.20. The van der Waals surface area contributed by atoms with Crippen molar-refractivity contribution in [2.45, 2.75) is 19.5 Å². The molecule has 0 atom stereocenters. The summed E-state index contributed by atoms with van der Waals surface area (Å²) in [5, 5.41) is 0. The third-order valence-electron chi connectivity index (χ3n) is 3.35. The van der Waals surface area contributed by atoms with Crippen LogP contribution in [0.5, 0.6) is 11.5 Å². The number of esters is 1. The molecule has 0 bridgehead atoms. The van der Waals surface area contributed by atoms with E-state index in [9.17, 15) is 22.8 Å². The average Bonchev–Trinajstić information content (AvgIpc) is 2.55. The van der Waals surface area contributed by atoms with E-state index in [2.05, 4.69) is 15.9 Å². The summed E-state index contributed by atoms with van der Waals surface area (Å²) in [5.41, 5.74) is -0.978. The number of carbonyl (C=O) groups is 2. The van der Waals surface area contributed by atoms with Crippen LogP contribution in [0.3, 0.4) is 0 Å². The van der Waals surface area contributed by atoms with Crippen LogP contribution in [0.2, 0.25) is 0 Å². The molecule has 0 aliphatic heterocycles. The van der Waals surface area contributed by atoms with Gasteiger partial charge in [0.15, 0.2) is 6.29 Å². The first kappa shape index (κ1) is 20.0. The third kappa shape index (κ3) is 5.08. The summed E-state index contributed by atoms with van der Waals surface area (Å²) in [6.07, 6.45) is -4.59. The molecule has 0 heterocycles. The number of hydrogen-bond donors (Lipinski definition) is 0. The standard InChI is InChI=1S/C18H14BrF3O4/c1-2-25-17(24)9-11-8-14(4-5-15(11)18(20,21)22)26-16-6-3-13(19)7-12(16)10-23/h3-8,10H,2,9H2,1H3. The molecular weight excluding hydrogens is 417 g/mol. The van der Waals surface area contributed by atoms with Crippen molar-refractivity contribution in [1.29, 1.82) is 0 Å². The van der Waals surface area contributed by atoms with Gasteiger partial charge in [0, 0.05) is 4.47 Å². The number of halogens is 4. The lowest BCUT2D eigenvalue weighted by molar-refractivity contribution is -0.143. The number of carbonyl (C=O) groups excluding carboxylic acids is 2. The van der Waals surface area contributed by atoms with E-state index in [0.717, 1.165) is 18.2 Å². The topological polar surface area (TPSA) is 52.6 Å². The molecule has 0 radical (unpaired) electrons. The predicted octanol–water partition coefficient (Wildman–Crippen LogP) is 5.18. The second-order valence-corrected chi connectivity index (χ2v) is 6.12. The first-order valence-electron chi connectivity index (χ1n) is 7.53. The molecule has 0 amide bonds. The first-order chi connectivity index (χ1) is 12.2. The van der Waals surface area contributed by atoms with E-state index < -0.39 is 24.1 Å². The van der Waals surface area contributed by atoms with Crippen molar-refractivity contribution in [2.75, 3.05) is 6.61 Å². The maximum Gasteiger partial charge on any atom is 0.416 e. The van der Waals surface area contributed by atoms with Gasteiger partial charge in [-0.1, -0.05) is 15.9 Å². The van der Waals surface area contributed by atoms with Gasteiger partial charge in [0.1, 0.15) is 11.5 Å². The van der Waals surface area contributed by atoms with E-state index in [1.54, 1.807) is 13.0 Å². The van der Waals surface area contributed by atoms with Crippen molar-refractivity contribution in [3.05, 3.63) is 57.6 Å². The molecule has 8 heteroatoms. The molecule has 4 nitrogen and oxygen atoms in total. The zero-order valence-electron chi connectivity index (χ0n) is 13.6. The van der Waals surface area contributed by atoms with Crippen molar-refractivity contribution >= 4 is 28.2 Å². The Hall–Kier alpha value is -2.35. The van der Waals surface area contributed by atoms with Gasteiger partial charge in [-0.3, -0.25) is 9.59 Å². The smallest absolute Gasteiger partial charge is 0.416 e. The summed E-state index contributed by atoms with van der Waals surface area (Å²) in [7, 11) is 0. The molecule has 2 aromatic rings. The van der Waals surface area contributed by atoms with Crippen molar-refractivity contribution < 1.29 is 32.2 Å². The number of rotatable bonds is 6. The molecule has 0 N–H and O–H groups in total. The Morgan fingerprint density at radius 2 is 1.92 bits per heavy atom. The Morgan fingerprint density at radius 1 is 1.19 bits per heavy atom. The third-order valence-corrected chi connectivity index (χ3v) is 3.84. The molecular formula is C18H14BrF3O4. The van der Waals surface area contributed by atoms with Gasteiger partial charge in [0.25, 0.3) is 0 Å². The number of hydrogen-bond acceptors (Lipinski definition) is 4. The average molecular weight is 431 g/mol. The van der Waals surface area contributed by atoms with Crippen molar-refractivity contribution in [2.24, 2.45) is 0 Å². The van der Waals surface area contributed by atoms with Gasteiger partial charge < -0.3 is 9.47 Å². The lowest BCUT2D eigenvalue weighted by atomic mass is 10.0. The molecule has 2 aromatic carbocycles. The quantitative estimate of drug-likeness (QED) is 0.468. The molecule has 0 spiro atoms. The van der Waals surface area contributed by atoms with E-state index in [1.807, 2.05) is 0 Å². The van der Waals surface area contributed by atoms with Crippen LogP contribution < -0.4 is 4.74 Å². The monoisotopic (exact) mass is 430 g/mol. The maximum absolute atomic E-state index is 13.2. The van der Waals surface area contributed by atoms with E-state index >= 15 is 0 Å². The van der Waals surface area contributed by atoms with Gasteiger partial charge in [0.2, 0.25) is 0 Å². The summed E-state index contributed by atoms with van der Waals surface area (Å²) in [6, 6.07) is 7.75. The largest absolute Gasteiger partial charge is 0.466 e. The van der Waals surface area contributed by atoms with E-state index in [0.29, 0.717) is 10.8 Å². The summed E-state index contributed by atoms with van der Waals surface area (Å²) < 4.78 is 50.4. The summed E-state index contributed by atoms with van der Waals surface area (Å²) in [4.78, 5) is 22.7. The first-order valence-corrected chi connectivity index (χ1v) is 8.32. The molecule has 2 rings (SSSR count). The number of aldehydes is 1. The Kier molecular flexibility index (Phi) is 6.42. The minimum Gasteiger partial charge on any atom is -0.466 e. The lowest BCUT2D eigenvalue weighted by Gasteiger charge is -2.15. The van der Waals surface area contributed by atoms with Gasteiger partial charge in [-0.05, 0) is 48.9 Å². The number of ether oxygens (including phenoxy) is 2. The second kappa shape index (κ2) is 8.35. The van der Waals surface area contributed by atoms with Crippen molar-refractivity contribution in [1.82, 2.24) is 0 Å². The fraction of sp³-hybridized carbons (Fsp3) is 0.222. The molecule has 0 fully saturated rings. The van der Waals surface area contributed by atoms with Crippen LogP contribution in [-0.2, 0) is 22.1 Å². The molecule has 0 unspecified atom stereocenters. The highest BCUT2D eigenvalue weighted by Crippen LogP contribution is 2.36. The number of alkyl halides is 3. The molecule has 0 aliphatic carbocycles. The van der Waals surface area contributed by atoms with Crippen LogP contribution in [0.15, 0.2) is 40.9 Å². The summed E-state index contributed by atoms with van der Waals surface area (Å²) >= 11 is 3.22. The fourth-order valence-electron chi connectivity index (χ4n) is 2.26. The minimum absolute atomic E-state index is 0.0674.